The number of rotatable bonds is 6. The molecule has 1 saturated carbocycles. The Kier molecular flexibility index (Phi) is 6.68. The summed E-state index contributed by atoms with van der Waals surface area (Å²) in [5.41, 5.74) is -1.49. The van der Waals surface area contributed by atoms with Crippen molar-refractivity contribution in [2.75, 3.05) is 20.6 Å². The SMILES string of the molecule is CN(C)CC1CCC(CC(C#N)(C#N)CCC(F)(F)F)CC1. The summed E-state index contributed by atoms with van der Waals surface area (Å²) in [4.78, 5) is 2.14. The van der Waals surface area contributed by atoms with Gasteiger partial charge in [-0.15, -0.1) is 0 Å². The molecule has 0 aromatic carbocycles. The number of nitriles is 2. The van der Waals surface area contributed by atoms with E-state index in [4.69, 9.17) is 0 Å². The summed E-state index contributed by atoms with van der Waals surface area (Å²) in [7, 11) is 4.05. The molecule has 1 fully saturated rings. The molecule has 0 heterocycles. The number of alkyl halides is 3. The quantitative estimate of drug-likeness (QED) is 0.741. The van der Waals surface area contributed by atoms with E-state index in [1.807, 2.05) is 26.2 Å². The topological polar surface area (TPSA) is 50.8 Å². The maximum absolute atomic E-state index is 12.4. The van der Waals surface area contributed by atoms with Crippen LogP contribution < -0.4 is 0 Å². The summed E-state index contributed by atoms with van der Waals surface area (Å²) in [6.07, 6.45) is -1.69. The Bertz CT molecular complexity index is 409. The predicted octanol–water partition coefficient (Wildman–Crippen LogP) is 4.12. The van der Waals surface area contributed by atoms with Crippen molar-refractivity contribution in [1.82, 2.24) is 4.90 Å². The minimum absolute atomic E-state index is 0.186. The molecule has 0 N–H and O–H groups in total. The highest BCUT2D eigenvalue weighted by molar-refractivity contribution is 5.14. The average Bonchev–Trinajstić information content (AvgIpc) is 2.44. The normalized spacial score (nSPS) is 23.1. The van der Waals surface area contributed by atoms with Gasteiger partial charge in [-0.25, -0.2) is 0 Å². The van der Waals surface area contributed by atoms with E-state index in [-0.39, 0.29) is 12.3 Å². The summed E-state index contributed by atoms with van der Waals surface area (Å²) < 4.78 is 37.2. The molecule has 0 atom stereocenters. The van der Waals surface area contributed by atoms with E-state index in [1.54, 1.807) is 0 Å². The molecule has 22 heavy (non-hydrogen) atoms. The predicted molar refractivity (Wildman–Crippen MR) is 77.6 cm³/mol. The van der Waals surface area contributed by atoms with E-state index in [9.17, 15) is 23.7 Å². The van der Waals surface area contributed by atoms with Crippen molar-refractivity contribution in [2.45, 2.75) is 51.1 Å². The van der Waals surface area contributed by atoms with E-state index in [0.29, 0.717) is 5.92 Å². The first-order chi connectivity index (χ1) is 10.2. The Morgan fingerprint density at radius 2 is 1.45 bits per heavy atom. The van der Waals surface area contributed by atoms with Crippen LogP contribution in [0.2, 0.25) is 0 Å². The Balaban J connectivity index is 2.55. The molecule has 3 nitrogen and oxygen atoms in total. The molecule has 0 aromatic rings. The van der Waals surface area contributed by atoms with Crippen LogP contribution in [0.1, 0.15) is 44.9 Å². The van der Waals surface area contributed by atoms with Gasteiger partial charge in [-0.3, -0.25) is 0 Å². The molecule has 0 bridgehead atoms. The minimum atomic E-state index is -4.32. The summed E-state index contributed by atoms with van der Waals surface area (Å²) >= 11 is 0. The van der Waals surface area contributed by atoms with Gasteiger partial charge in [0.15, 0.2) is 0 Å². The van der Waals surface area contributed by atoms with Crippen LogP contribution in [0.3, 0.4) is 0 Å². The van der Waals surface area contributed by atoms with Crippen molar-refractivity contribution in [3.05, 3.63) is 0 Å². The molecule has 124 valence electrons. The zero-order chi connectivity index (χ0) is 16.8. The second kappa shape index (κ2) is 7.83. The fourth-order valence-electron chi connectivity index (χ4n) is 3.31. The largest absolute Gasteiger partial charge is 0.389 e. The van der Waals surface area contributed by atoms with E-state index < -0.39 is 24.4 Å². The van der Waals surface area contributed by atoms with E-state index in [0.717, 1.165) is 32.2 Å². The number of hydrogen-bond donors (Lipinski definition) is 0. The second-order valence-electron chi connectivity index (χ2n) is 6.77. The van der Waals surface area contributed by atoms with E-state index in [1.165, 1.54) is 0 Å². The van der Waals surface area contributed by atoms with Crippen molar-refractivity contribution in [3.8, 4) is 12.1 Å². The molecule has 0 aromatic heterocycles. The standard InChI is InChI=1S/C16H24F3N3/c1-22(2)10-14-5-3-13(4-6-14)9-15(11-20,12-21)7-8-16(17,18)19/h13-14H,3-10H2,1-2H3. The molecule has 0 spiro atoms. The van der Waals surface area contributed by atoms with Crippen LogP contribution in [0, 0.1) is 39.9 Å². The molecule has 1 rings (SSSR count). The fraction of sp³-hybridized carbons (Fsp3) is 0.875. The lowest BCUT2D eigenvalue weighted by molar-refractivity contribution is -0.138. The first-order valence-corrected chi connectivity index (χ1v) is 7.73. The third-order valence-electron chi connectivity index (χ3n) is 4.49. The lowest BCUT2D eigenvalue weighted by Gasteiger charge is -2.33. The number of hydrogen-bond acceptors (Lipinski definition) is 3. The van der Waals surface area contributed by atoms with Crippen molar-refractivity contribution in [3.63, 3.8) is 0 Å². The summed E-state index contributed by atoms with van der Waals surface area (Å²) in [5, 5.41) is 18.5. The van der Waals surface area contributed by atoms with Crippen LogP contribution in [0.5, 0.6) is 0 Å². The summed E-state index contributed by atoms with van der Waals surface area (Å²) in [6, 6.07) is 3.72. The highest BCUT2D eigenvalue weighted by Gasteiger charge is 2.39. The zero-order valence-corrected chi connectivity index (χ0v) is 13.3. The molecule has 0 radical (unpaired) electrons. The molecule has 1 aliphatic rings. The third kappa shape index (κ3) is 6.23. The fourth-order valence-corrected chi connectivity index (χ4v) is 3.31. The van der Waals surface area contributed by atoms with Gasteiger partial charge in [0.25, 0.3) is 0 Å². The molecule has 0 saturated heterocycles. The minimum Gasteiger partial charge on any atom is -0.309 e. The monoisotopic (exact) mass is 315 g/mol. The van der Waals surface area contributed by atoms with Crippen LogP contribution in [-0.4, -0.2) is 31.7 Å². The van der Waals surface area contributed by atoms with Crippen LogP contribution in [0.15, 0.2) is 0 Å². The van der Waals surface area contributed by atoms with Gasteiger partial charge in [0.2, 0.25) is 0 Å². The van der Waals surface area contributed by atoms with Gasteiger partial charge < -0.3 is 4.90 Å². The highest BCUT2D eigenvalue weighted by Crippen LogP contribution is 2.40. The van der Waals surface area contributed by atoms with Gasteiger partial charge in [-0.2, -0.15) is 23.7 Å². The van der Waals surface area contributed by atoms with Crippen molar-refractivity contribution >= 4 is 0 Å². The first-order valence-electron chi connectivity index (χ1n) is 7.73. The lowest BCUT2D eigenvalue weighted by atomic mass is 9.71. The van der Waals surface area contributed by atoms with Crippen LogP contribution in [0.25, 0.3) is 0 Å². The van der Waals surface area contributed by atoms with E-state index >= 15 is 0 Å². The van der Waals surface area contributed by atoms with Crippen LogP contribution in [0.4, 0.5) is 13.2 Å². The van der Waals surface area contributed by atoms with Gasteiger partial charge in [-0.1, -0.05) is 12.8 Å². The molecule has 6 heteroatoms. The third-order valence-corrected chi connectivity index (χ3v) is 4.49. The van der Waals surface area contributed by atoms with Crippen molar-refractivity contribution in [1.29, 1.82) is 10.5 Å². The van der Waals surface area contributed by atoms with E-state index in [2.05, 4.69) is 4.90 Å². The molecular formula is C16H24F3N3. The van der Waals surface area contributed by atoms with Crippen molar-refractivity contribution in [2.24, 2.45) is 17.3 Å². The van der Waals surface area contributed by atoms with Gasteiger partial charge in [0.05, 0.1) is 12.1 Å². The van der Waals surface area contributed by atoms with Gasteiger partial charge in [-0.05, 0) is 51.6 Å². The Labute approximate surface area is 130 Å². The molecule has 0 aliphatic heterocycles. The Hall–Kier alpha value is -1.27. The molecule has 0 amide bonds. The smallest absolute Gasteiger partial charge is 0.309 e. The van der Waals surface area contributed by atoms with Crippen molar-refractivity contribution < 1.29 is 13.2 Å². The zero-order valence-electron chi connectivity index (χ0n) is 13.3. The van der Waals surface area contributed by atoms with Gasteiger partial charge in [0.1, 0.15) is 5.41 Å². The number of halogens is 3. The van der Waals surface area contributed by atoms with Crippen LogP contribution in [-0.2, 0) is 0 Å². The number of nitrogens with zero attached hydrogens (tertiary/aromatic N) is 3. The average molecular weight is 315 g/mol. The second-order valence-corrected chi connectivity index (χ2v) is 6.77. The van der Waals surface area contributed by atoms with Crippen LogP contribution >= 0.6 is 0 Å². The maximum atomic E-state index is 12.4. The Morgan fingerprint density at radius 1 is 0.955 bits per heavy atom. The first kappa shape index (κ1) is 18.8. The molecular weight excluding hydrogens is 291 g/mol. The Morgan fingerprint density at radius 3 is 1.86 bits per heavy atom. The van der Waals surface area contributed by atoms with Gasteiger partial charge >= 0.3 is 6.18 Å². The molecule has 0 unspecified atom stereocenters. The highest BCUT2D eigenvalue weighted by atomic mass is 19.4. The lowest BCUT2D eigenvalue weighted by Crippen LogP contribution is -2.29. The molecule has 1 aliphatic carbocycles. The maximum Gasteiger partial charge on any atom is 0.389 e. The summed E-state index contributed by atoms with van der Waals surface area (Å²) in [5.74, 6) is 0.797. The van der Waals surface area contributed by atoms with Gasteiger partial charge in [0, 0.05) is 13.0 Å². The summed E-state index contributed by atoms with van der Waals surface area (Å²) in [6.45, 7) is 1.02.